The van der Waals surface area contributed by atoms with E-state index in [0.29, 0.717) is 16.9 Å². The van der Waals surface area contributed by atoms with Crippen molar-refractivity contribution in [3.8, 4) is 5.75 Å². The van der Waals surface area contributed by atoms with Crippen LogP contribution in [-0.4, -0.2) is 18.1 Å². The lowest BCUT2D eigenvalue weighted by molar-refractivity contribution is 0.0733. The first-order valence-corrected chi connectivity index (χ1v) is 9.57. The van der Waals surface area contributed by atoms with Crippen molar-refractivity contribution in [2.24, 2.45) is 5.10 Å². The molecule has 3 aromatic carbocycles. The van der Waals surface area contributed by atoms with Gasteiger partial charge in [0.15, 0.2) is 0 Å². The molecule has 1 N–H and O–H groups in total. The molecule has 0 bridgehead atoms. The maximum Gasteiger partial charge on any atom is 0.344 e. The Kier molecular flexibility index (Phi) is 6.54. The second-order valence-corrected chi connectivity index (χ2v) is 7.17. The van der Waals surface area contributed by atoms with Crippen LogP contribution in [0.2, 0.25) is 0 Å². The van der Waals surface area contributed by atoms with Crippen LogP contribution >= 0.6 is 22.6 Å². The van der Waals surface area contributed by atoms with Gasteiger partial charge in [-0.3, -0.25) is 4.79 Å². The lowest BCUT2D eigenvalue weighted by atomic mass is 10.1. The Labute approximate surface area is 176 Å². The van der Waals surface area contributed by atoms with Crippen LogP contribution in [0, 0.1) is 10.5 Å². The fourth-order valence-electron chi connectivity index (χ4n) is 2.35. The Balaban J connectivity index is 1.57. The lowest BCUT2D eigenvalue weighted by Gasteiger charge is -2.06. The largest absolute Gasteiger partial charge is 0.423 e. The molecular formula is C22H17IN2O3. The number of aryl methyl sites for hydroxylation is 1. The number of amides is 1. The molecule has 6 heteroatoms. The normalized spacial score (nSPS) is 10.6. The lowest BCUT2D eigenvalue weighted by Crippen LogP contribution is -2.17. The number of esters is 1. The van der Waals surface area contributed by atoms with Crippen molar-refractivity contribution in [1.82, 2.24) is 5.43 Å². The van der Waals surface area contributed by atoms with Gasteiger partial charge in [0, 0.05) is 9.13 Å². The summed E-state index contributed by atoms with van der Waals surface area (Å²) in [6, 6.07) is 21.3. The van der Waals surface area contributed by atoms with Crippen LogP contribution in [0.5, 0.6) is 5.75 Å². The third kappa shape index (κ3) is 5.26. The summed E-state index contributed by atoms with van der Waals surface area (Å²) in [5.41, 5.74) is 5.40. The van der Waals surface area contributed by atoms with Gasteiger partial charge in [0.05, 0.1) is 11.8 Å². The number of hydrogen-bond acceptors (Lipinski definition) is 4. The number of hydrogen-bond donors (Lipinski definition) is 1. The van der Waals surface area contributed by atoms with Crippen LogP contribution in [0.3, 0.4) is 0 Å². The quantitative estimate of drug-likeness (QED) is 0.190. The minimum absolute atomic E-state index is 0.278. The number of hydrazone groups is 1. The van der Waals surface area contributed by atoms with Crippen molar-refractivity contribution in [1.29, 1.82) is 0 Å². The highest BCUT2D eigenvalue weighted by Crippen LogP contribution is 2.17. The molecular weight excluding hydrogens is 467 g/mol. The van der Waals surface area contributed by atoms with Gasteiger partial charge in [-0.15, -0.1) is 0 Å². The minimum Gasteiger partial charge on any atom is -0.423 e. The Morgan fingerprint density at radius 3 is 2.32 bits per heavy atom. The monoisotopic (exact) mass is 484 g/mol. The van der Waals surface area contributed by atoms with E-state index in [-0.39, 0.29) is 5.91 Å². The van der Waals surface area contributed by atoms with Gasteiger partial charge in [0.1, 0.15) is 5.75 Å². The second kappa shape index (κ2) is 9.27. The number of benzene rings is 3. The van der Waals surface area contributed by atoms with Gasteiger partial charge in [-0.05, 0) is 83.6 Å². The van der Waals surface area contributed by atoms with E-state index in [2.05, 4.69) is 33.1 Å². The molecule has 0 aromatic heterocycles. The van der Waals surface area contributed by atoms with Crippen LogP contribution in [0.4, 0.5) is 0 Å². The molecule has 0 saturated heterocycles. The summed E-state index contributed by atoms with van der Waals surface area (Å²) >= 11 is 2.10. The first-order chi connectivity index (χ1) is 13.5. The SMILES string of the molecule is Cc1ccc(C(=O)N/N=C/c2ccc(OC(=O)c3ccccc3I)cc2)cc1. The molecule has 3 rings (SSSR count). The average Bonchev–Trinajstić information content (AvgIpc) is 2.70. The van der Waals surface area contributed by atoms with Gasteiger partial charge >= 0.3 is 5.97 Å². The van der Waals surface area contributed by atoms with Crippen molar-refractivity contribution < 1.29 is 14.3 Å². The summed E-state index contributed by atoms with van der Waals surface area (Å²) in [5.74, 6) is -0.249. The summed E-state index contributed by atoms with van der Waals surface area (Å²) in [7, 11) is 0. The predicted molar refractivity (Wildman–Crippen MR) is 117 cm³/mol. The molecule has 5 nitrogen and oxygen atoms in total. The van der Waals surface area contributed by atoms with E-state index in [4.69, 9.17) is 4.74 Å². The maximum absolute atomic E-state index is 12.2. The van der Waals surface area contributed by atoms with Crippen molar-refractivity contribution in [2.45, 2.75) is 6.92 Å². The summed E-state index contributed by atoms with van der Waals surface area (Å²) in [5, 5.41) is 3.96. The standard InChI is InChI=1S/C22H17IN2O3/c1-15-6-10-17(11-7-15)21(26)25-24-14-16-8-12-18(13-9-16)28-22(27)19-4-2-3-5-20(19)23/h2-14H,1H3,(H,25,26)/b24-14+. The summed E-state index contributed by atoms with van der Waals surface area (Å²) in [6.45, 7) is 1.96. The molecule has 0 radical (unpaired) electrons. The van der Waals surface area contributed by atoms with Crippen molar-refractivity contribution >= 4 is 40.7 Å². The second-order valence-electron chi connectivity index (χ2n) is 6.00. The molecule has 0 saturated carbocycles. The molecule has 0 aliphatic heterocycles. The van der Waals surface area contributed by atoms with Crippen LogP contribution in [-0.2, 0) is 0 Å². The third-order valence-corrected chi connectivity index (χ3v) is 4.82. The molecule has 28 heavy (non-hydrogen) atoms. The van der Waals surface area contributed by atoms with Crippen molar-refractivity contribution in [3.63, 3.8) is 0 Å². The predicted octanol–water partition coefficient (Wildman–Crippen LogP) is 4.58. The van der Waals surface area contributed by atoms with E-state index in [1.165, 1.54) is 6.21 Å². The fraction of sp³-hybridized carbons (Fsp3) is 0.0455. The molecule has 0 aliphatic rings. The zero-order valence-electron chi connectivity index (χ0n) is 15.1. The molecule has 0 spiro atoms. The first-order valence-electron chi connectivity index (χ1n) is 8.50. The van der Waals surface area contributed by atoms with E-state index in [9.17, 15) is 9.59 Å². The fourth-order valence-corrected chi connectivity index (χ4v) is 2.95. The number of nitrogens with one attached hydrogen (secondary N) is 1. The zero-order valence-corrected chi connectivity index (χ0v) is 17.2. The number of carbonyl (C=O) groups excluding carboxylic acids is 2. The third-order valence-electron chi connectivity index (χ3n) is 3.88. The summed E-state index contributed by atoms with van der Waals surface area (Å²) in [6.07, 6.45) is 1.53. The van der Waals surface area contributed by atoms with Crippen LogP contribution in [0.1, 0.15) is 31.8 Å². The molecule has 0 aliphatic carbocycles. The maximum atomic E-state index is 12.2. The van der Waals surface area contributed by atoms with Crippen LogP contribution < -0.4 is 10.2 Å². The highest BCUT2D eigenvalue weighted by Gasteiger charge is 2.11. The zero-order chi connectivity index (χ0) is 19.9. The van der Waals surface area contributed by atoms with Crippen molar-refractivity contribution in [3.05, 3.63) is 98.6 Å². The van der Waals surface area contributed by atoms with Gasteiger partial charge in [-0.25, -0.2) is 10.2 Å². The molecule has 0 fully saturated rings. The Bertz CT molecular complexity index is 1010. The summed E-state index contributed by atoms with van der Waals surface area (Å²) < 4.78 is 6.22. The number of carbonyl (C=O) groups is 2. The Hall–Kier alpha value is -3.00. The number of nitrogens with zero attached hydrogens (tertiary/aromatic N) is 1. The van der Waals surface area contributed by atoms with Gasteiger partial charge in [-0.1, -0.05) is 29.8 Å². The van der Waals surface area contributed by atoms with E-state index >= 15 is 0 Å². The highest BCUT2D eigenvalue weighted by atomic mass is 127. The minimum atomic E-state index is -0.406. The van der Waals surface area contributed by atoms with Gasteiger partial charge in [-0.2, -0.15) is 5.10 Å². The topological polar surface area (TPSA) is 67.8 Å². The smallest absolute Gasteiger partial charge is 0.344 e. The molecule has 140 valence electrons. The molecule has 0 unspecified atom stereocenters. The van der Waals surface area contributed by atoms with Gasteiger partial charge < -0.3 is 4.74 Å². The van der Waals surface area contributed by atoms with E-state index in [1.807, 2.05) is 31.2 Å². The average molecular weight is 484 g/mol. The first kappa shape index (κ1) is 19.8. The van der Waals surface area contributed by atoms with Gasteiger partial charge in [0.2, 0.25) is 0 Å². The van der Waals surface area contributed by atoms with E-state index in [1.54, 1.807) is 48.5 Å². The molecule has 0 atom stereocenters. The van der Waals surface area contributed by atoms with E-state index in [0.717, 1.165) is 14.7 Å². The Morgan fingerprint density at radius 2 is 1.64 bits per heavy atom. The highest BCUT2D eigenvalue weighted by molar-refractivity contribution is 14.1. The van der Waals surface area contributed by atoms with E-state index < -0.39 is 5.97 Å². The number of ether oxygens (including phenoxy) is 1. The number of halogens is 1. The van der Waals surface area contributed by atoms with Crippen molar-refractivity contribution in [2.75, 3.05) is 0 Å². The van der Waals surface area contributed by atoms with Crippen LogP contribution in [0.15, 0.2) is 77.9 Å². The molecule has 1 amide bonds. The molecule has 0 heterocycles. The van der Waals surface area contributed by atoms with Crippen LogP contribution in [0.25, 0.3) is 0 Å². The van der Waals surface area contributed by atoms with Gasteiger partial charge in [0.25, 0.3) is 5.91 Å². The molecule has 3 aromatic rings. The Morgan fingerprint density at radius 1 is 0.964 bits per heavy atom. The summed E-state index contributed by atoms with van der Waals surface area (Å²) in [4.78, 5) is 24.2. The number of rotatable bonds is 5.